The van der Waals surface area contributed by atoms with Crippen molar-refractivity contribution < 1.29 is 0 Å². The van der Waals surface area contributed by atoms with Gasteiger partial charge >= 0.3 is 0 Å². The van der Waals surface area contributed by atoms with E-state index in [1.54, 1.807) is 0 Å². The molecule has 0 saturated heterocycles. The molecule has 0 aliphatic rings. The van der Waals surface area contributed by atoms with E-state index in [1.165, 1.54) is 24.0 Å². The van der Waals surface area contributed by atoms with E-state index in [0.29, 0.717) is 0 Å². The number of anilines is 1. The van der Waals surface area contributed by atoms with E-state index >= 15 is 0 Å². The zero-order valence-corrected chi connectivity index (χ0v) is 10.8. The summed E-state index contributed by atoms with van der Waals surface area (Å²) in [5, 5.41) is 0. The molecule has 2 nitrogen and oxygen atoms in total. The number of nitrogens with zero attached hydrogens (tertiary/aromatic N) is 1. The van der Waals surface area contributed by atoms with Gasteiger partial charge in [-0.3, -0.25) is 4.90 Å². The molecule has 0 unspecified atom stereocenters. The van der Waals surface area contributed by atoms with Crippen LogP contribution in [-0.2, 0) is 6.54 Å². The maximum absolute atomic E-state index is 6.10. The number of nitrogen functional groups attached to an aromatic ring is 1. The Bertz CT molecular complexity index is 315. The maximum atomic E-state index is 6.10. The van der Waals surface area contributed by atoms with Crippen molar-refractivity contribution in [1.82, 2.24) is 4.90 Å². The summed E-state index contributed by atoms with van der Waals surface area (Å²) in [4.78, 5) is 2.48. The van der Waals surface area contributed by atoms with Crippen molar-refractivity contribution in [3.05, 3.63) is 29.3 Å². The smallest absolute Gasteiger partial charge is 0.0389 e. The van der Waals surface area contributed by atoms with Gasteiger partial charge < -0.3 is 5.73 Å². The average Bonchev–Trinajstić information content (AvgIpc) is 2.25. The largest absolute Gasteiger partial charge is 0.398 e. The van der Waals surface area contributed by atoms with Crippen LogP contribution < -0.4 is 5.73 Å². The molecule has 90 valence electrons. The van der Waals surface area contributed by atoms with Gasteiger partial charge in [-0.1, -0.05) is 32.0 Å². The van der Waals surface area contributed by atoms with Gasteiger partial charge in [0.05, 0.1) is 0 Å². The fourth-order valence-electron chi connectivity index (χ4n) is 2.02. The molecule has 0 aliphatic heterocycles. The van der Waals surface area contributed by atoms with Gasteiger partial charge in [0.2, 0.25) is 0 Å². The van der Waals surface area contributed by atoms with Crippen molar-refractivity contribution in [2.75, 3.05) is 18.8 Å². The van der Waals surface area contributed by atoms with Gasteiger partial charge in [0, 0.05) is 12.2 Å². The minimum absolute atomic E-state index is 0.958. The molecular formula is C14H24N2. The Morgan fingerprint density at radius 1 is 1.12 bits per heavy atom. The lowest BCUT2D eigenvalue weighted by atomic mass is 10.1. The van der Waals surface area contributed by atoms with E-state index < -0.39 is 0 Å². The van der Waals surface area contributed by atoms with E-state index in [-0.39, 0.29) is 0 Å². The molecule has 16 heavy (non-hydrogen) atoms. The monoisotopic (exact) mass is 220 g/mol. The van der Waals surface area contributed by atoms with Crippen LogP contribution in [0.15, 0.2) is 18.2 Å². The molecule has 0 spiro atoms. The van der Waals surface area contributed by atoms with Crippen LogP contribution in [0.5, 0.6) is 0 Å². The van der Waals surface area contributed by atoms with Gasteiger partial charge in [0.1, 0.15) is 0 Å². The predicted octanol–water partition coefficient (Wildman–Crippen LogP) is 3.20. The Kier molecular flexibility index (Phi) is 5.33. The highest BCUT2D eigenvalue weighted by molar-refractivity contribution is 5.52. The van der Waals surface area contributed by atoms with E-state index in [0.717, 1.165) is 25.3 Å². The molecule has 0 saturated carbocycles. The minimum Gasteiger partial charge on any atom is -0.398 e. The highest BCUT2D eigenvalue weighted by atomic mass is 15.1. The van der Waals surface area contributed by atoms with Crippen molar-refractivity contribution in [3.8, 4) is 0 Å². The van der Waals surface area contributed by atoms with E-state index in [1.807, 2.05) is 0 Å². The molecule has 0 radical (unpaired) electrons. The Morgan fingerprint density at radius 2 is 1.75 bits per heavy atom. The van der Waals surface area contributed by atoms with Crippen LogP contribution in [0.4, 0.5) is 5.69 Å². The second kappa shape index (κ2) is 6.54. The topological polar surface area (TPSA) is 29.3 Å². The maximum Gasteiger partial charge on any atom is 0.0389 e. The number of aryl methyl sites for hydroxylation is 1. The number of hydrogen-bond donors (Lipinski definition) is 1. The van der Waals surface area contributed by atoms with Crippen molar-refractivity contribution in [3.63, 3.8) is 0 Å². The lowest BCUT2D eigenvalue weighted by molar-refractivity contribution is 0.267. The van der Waals surface area contributed by atoms with Crippen molar-refractivity contribution >= 4 is 5.69 Å². The molecule has 2 N–H and O–H groups in total. The lowest BCUT2D eigenvalue weighted by Gasteiger charge is -2.22. The molecule has 0 aromatic heterocycles. The SMILES string of the molecule is CCCN(CCC)Cc1cccc(C)c1N. The molecule has 0 atom stereocenters. The van der Waals surface area contributed by atoms with Crippen LogP contribution in [0.3, 0.4) is 0 Å². The first-order valence-corrected chi connectivity index (χ1v) is 6.25. The van der Waals surface area contributed by atoms with E-state index in [2.05, 4.69) is 43.9 Å². The van der Waals surface area contributed by atoms with Gasteiger partial charge in [-0.2, -0.15) is 0 Å². The summed E-state index contributed by atoms with van der Waals surface area (Å²) in [5.41, 5.74) is 9.51. The van der Waals surface area contributed by atoms with Crippen LogP contribution in [0.2, 0.25) is 0 Å². The van der Waals surface area contributed by atoms with Crippen molar-refractivity contribution in [1.29, 1.82) is 0 Å². The summed E-state index contributed by atoms with van der Waals surface area (Å²) in [5.74, 6) is 0. The zero-order chi connectivity index (χ0) is 12.0. The van der Waals surface area contributed by atoms with Gasteiger partial charge in [0.15, 0.2) is 0 Å². The first-order chi connectivity index (χ1) is 7.69. The van der Waals surface area contributed by atoms with Crippen LogP contribution in [0.1, 0.15) is 37.8 Å². The normalized spacial score (nSPS) is 11.0. The third-order valence-corrected chi connectivity index (χ3v) is 2.89. The van der Waals surface area contributed by atoms with Gasteiger partial charge in [-0.15, -0.1) is 0 Å². The van der Waals surface area contributed by atoms with E-state index in [9.17, 15) is 0 Å². The van der Waals surface area contributed by atoms with Gasteiger partial charge in [0.25, 0.3) is 0 Å². The highest BCUT2D eigenvalue weighted by Gasteiger charge is 2.07. The molecule has 1 rings (SSSR count). The third kappa shape index (κ3) is 3.53. The lowest BCUT2D eigenvalue weighted by Crippen LogP contribution is -2.25. The van der Waals surface area contributed by atoms with Crippen LogP contribution in [-0.4, -0.2) is 18.0 Å². The Morgan fingerprint density at radius 3 is 2.31 bits per heavy atom. The zero-order valence-electron chi connectivity index (χ0n) is 10.8. The molecular weight excluding hydrogens is 196 g/mol. The molecule has 0 fully saturated rings. The molecule has 0 bridgehead atoms. The second-order valence-corrected chi connectivity index (χ2v) is 4.42. The number of benzene rings is 1. The summed E-state index contributed by atoms with van der Waals surface area (Å²) in [6, 6.07) is 6.31. The number of hydrogen-bond acceptors (Lipinski definition) is 2. The molecule has 0 amide bonds. The minimum atomic E-state index is 0.958. The van der Waals surface area contributed by atoms with Gasteiger partial charge in [-0.25, -0.2) is 0 Å². The molecule has 0 heterocycles. The van der Waals surface area contributed by atoms with Crippen molar-refractivity contribution in [2.24, 2.45) is 0 Å². The summed E-state index contributed by atoms with van der Waals surface area (Å²) in [7, 11) is 0. The quantitative estimate of drug-likeness (QED) is 0.746. The standard InChI is InChI=1S/C14H24N2/c1-4-9-16(10-5-2)11-13-8-6-7-12(3)14(13)15/h6-8H,4-5,9-11,15H2,1-3H3. The Balaban J connectivity index is 2.72. The fraction of sp³-hybridized carbons (Fsp3) is 0.571. The number of para-hydroxylation sites is 1. The predicted molar refractivity (Wildman–Crippen MR) is 71.5 cm³/mol. The van der Waals surface area contributed by atoms with Crippen LogP contribution in [0.25, 0.3) is 0 Å². The Labute approximate surface area is 99.5 Å². The summed E-state index contributed by atoms with van der Waals surface area (Å²) in [6.45, 7) is 9.81. The first kappa shape index (κ1) is 13.0. The highest BCUT2D eigenvalue weighted by Crippen LogP contribution is 2.18. The molecule has 1 aromatic carbocycles. The van der Waals surface area contributed by atoms with Gasteiger partial charge in [-0.05, 0) is 44.0 Å². The number of nitrogens with two attached hydrogens (primary N) is 1. The molecule has 2 heteroatoms. The Hall–Kier alpha value is -1.02. The first-order valence-electron chi connectivity index (χ1n) is 6.25. The summed E-state index contributed by atoms with van der Waals surface area (Å²) >= 11 is 0. The van der Waals surface area contributed by atoms with Crippen molar-refractivity contribution in [2.45, 2.75) is 40.2 Å². The van der Waals surface area contributed by atoms with Crippen LogP contribution >= 0.6 is 0 Å². The summed E-state index contributed by atoms with van der Waals surface area (Å²) in [6.07, 6.45) is 2.40. The second-order valence-electron chi connectivity index (χ2n) is 4.42. The molecule has 1 aromatic rings. The number of rotatable bonds is 6. The van der Waals surface area contributed by atoms with Crippen LogP contribution in [0, 0.1) is 6.92 Å². The third-order valence-electron chi connectivity index (χ3n) is 2.89. The fourth-order valence-corrected chi connectivity index (χ4v) is 2.02. The summed E-state index contributed by atoms with van der Waals surface area (Å²) < 4.78 is 0. The van der Waals surface area contributed by atoms with E-state index in [4.69, 9.17) is 5.73 Å². The average molecular weight is 220 g/mol. The molecule has 0 aliphatic carbocycles.